The van der Waals surface area contributed by atoms with Gasteiger partial charge in [0.25, 0.3) is 5.91 Å². The third kappa shape index (κ3) is 5.49. The van der Waals surface area contributed by atoms with E-state index in [1.807, 2.05) is 12.1 Å². The minimum absolute atomic E-state index is 0.189. The number of rotatable bonds is 7. The second-order valence-electron chi connectivity index (χ2n) is 4.93. The van der Waals surface area contributed by atoms with Gasteiger partial charge in [0.1, 0.15) is 0 Å². The second-order valence-corrected chi connectivity index (χ2v) is 5.85. The molecule has 2 aromatic rings. The predicted octanol–water partition coefficient (Wildman–Crippen LogP) is 3.65. The summed E-state index contributed by atoms with van der Waals surface area (Å²) in [5.41, 5.74) is 1.02. The predicted molar refractivity (Wildman–Crippen MR) is 97.2 cm³/mol. The molecule has 2 aromatic carbocycles. The summed E-state index contributed by atoms with van der Waals surface area (Å²) >= 11 is 3.33. The molecule has 0 fully saturated rings. The van der Waals surface area contributed by atoms with Crippen LogP contribution in [-0.2, 0) is 9.53 Å². The maximum absolute atomic E-state index is 12.0. The molecule has 2 rings (SSSR count). The van der Waals surface area contributed by atoms with E-state index in [0.717, 1.165) is 4.47 Å². The summed E-state index contributed by atoms with van der Waals surface area (Å²) in [6, 6.07) is 11.8. The number of amides is 1. The van der Waals surface area contributed by atoms with Crippen molar-refractivity contribution in [3.63, 3.8) is 0 Å². The number of hydrogen-bond acceptors (Lipinski definition) is 5. The Balaban J connectivity index is 1.98. The summed E-state index contributed by atoms with van der Waals surface area (Å²) in [6.45, 7) is 1.83. The molecule has 1 N–H and O–H groups in total. The van der Waals surface area contributed by atoms with E-state index in [2.05, 4.69) is 21.2 Å². The molecule has 0 radical (unpaired) electrons. The zero-order valence-electron chi connectivity index (χ0n) is 13.9. The molecule has 1 amide bonds. The summed E-state index contributed by atoms with van der Waals surface area (Å²) in [5, 5.41) is 2.72. The third-order valence-corrected chi connectivity index (χ3v) is 3.69. The van der Waals surface area contributed by atoms with Crippen LogP contribution >= 0.6 is 15.9 Å². The van der Waals surface area contributed by atoms with Crippen molar-refractivity contribution < 1.29 is 23.8 Å². The van der Waals surface area contributed by atoms with E-state index in [-0.39, 0.29) is 19.1 Å². The quantitative estimate of drug-likeness (QED) is 0.708. The highest BCUT2D eigenvalue weighted by atomic mass is 79.9. The van der Waals surface area contributed by atoms with E-state index in [9.17, 15) is 9.59 Å². The first-order valence-corrected chi connectivity index (χ1v) is 8.36. The fraction of sp³-hybridized carbons (Fsp3) is 0.222. The van der Waals surface area contributed by atoms with Crippen molar-refractivity contribution in [3.8, 4) is 11.5 Å². The normalized spacial score (nSPS) is 10.0. The van der Waals surface area contributed by atoms with E-state index >= 15 is 0 Å². The van der Waals surface area contributed by atoms with E-state index in [1.165, 1.54) is 13.2 Å². The lowest BCUT2D eigenvalue weighted by Crippen LogP contribution is -2.20. The van der Waals surface area contributed by atoms with Crippen LogP contribution in [0, 0.1) is 0 Å². The highest BCUT2D eigenvalue weighted by Gasteiger charge is 2.13. The first-order chi connectivity index (χ1) is 12.0. The molecular formula is C18H18BrNO5. The van der Waals surface area contributed by atoms with Gasteiger partial charge < -0.3 is 19.5 Å². The Hall–Kier alpha value is -2.54. The van der Waals surface area contributed by atoms with Crippen LogP contribution in [0.15, 0.2) is 46.9 Å². The van der Waals surface area contributed by atoms with Crippen LogP contribution < -0.4 is 14.8 Å². The molecule has 0 aliphatic heterocycles. The molecule has 25 heavy (non-hydrogen) atoms. The minimum Gasteiger partial charge on any atom is -0.493 e. The van der Waals surface area contributed by atoms with E-state index in [4.69, 9.17) is 14.2 Å². The molecule has 0 unspecified atom stereocenters. The first kappa shape index (κ1) is 18.8. The SMILES string of the molecule is CCOC(=O)c1ccc(OCC(=O)Nc2ccc(Br)cc2)c(OC)c1. The highest BCUT2D eigenvalue weighted by Crippen LogP contribution is 2.28. The van der Waals surface area contributed by atoms with Gasteiger partial charge in [-0.05, 0) is 49.4 Å². The van der Waals surface area contributed by atoms with Crippen LogP contribution in [0.1, 0.15) is 17.3 Å². The van der Waals surface area contributed by atoms with Crippen molar-refractivity contribution in [2.75, 3.05) is 25.6 Å². The maximum Gasteiger partial charge on any atom is 0.338 e. The maximum atomic E-state index is 12.0. The molecule has 0 saturated heterocycles. The molecule has 0 aliphatic rings. The number of carbonyl (C=O) groups is 2. The first-order valence-electron chi connectivity index (χ1n) is 7.57. The summed E-state index contributed by atoms with van der Waals surface area (Å²) in [5.74, 6) is -0.0392. The van der Waals surface area contributed by atoms with Crippen LogP contribution in [0.5, 0.6) is 11.5 Å². The molecule has 0 atom stereocenters. The molecule has 132 valence electrons. The summed E-state index contributed by atoms with van der Waals surface area (Å²) < 4.78 is 16.6. The van der Waals surface area contributed by atoms with Gasteiger partial charge in [-0.15, -0.1) is 0 Å². The van der Waals surface area contributed by atoms with Gasteiger partial charge in [0.2, 0.25) is 0 Å². The Morgan fingerprint density at radius 1 is 1.08 bits per heavy atom. The second kappa shape index (κ2) is 9.08. The summed E-state index contributed by atoms with van der Waals surface area (Å²) in [6.07, 6.45) is 0. The van der Waals surface area contributed by atoms with Crippen LogP contribution in [-0.4, -0.2) is 32.2 Å². The van der Waals surface area contributed by atoms with Crippen molar-refractivity contribution in [3.05, 3.63) is 52.5 Å². The smallest absolute Gasteiger partial charge is 0.338 e. The zero-order valence-corrected chi connectivity index (χ0v) is 15.5. The Labute approximate surface area is 154 Å². The lowest BCUT2D eigenvalue weighted by molar-refractivity contribution is -0.118. The largest absolute Gasteiger partial charge is 0.493 e. The van der Waals surface area contributed by atoms with Crippen LogP contribution in [0.3, 0.4) is 0 Å². The number of anilines is 1. The van der Waals surface area contributed by atoms with Crippen molar-refractivity contribution in [2.45, 2.75) is 6.92 Å². The van der Waals surface area contributed by atoms with Crippen molar-refractivity contribution in [2.24, 2.45) is 0 Å². The van der Waals surface area contributed by atoms with E-state index in [0.29, 0.717) is 22.7 Å². The number of ether oxygens (including phenoxy) is 3. The van der Waals surface area contributed by atoms with E-state index < -0.39 is 5.97 Å². The van der Waals surface area contributed by atoms with Crippen molar-refractivity contribution in [1.29, 1.82) is 0 Å². The van der Waals surface area contributed by atoms with Gasteiger partial charge in [-0.2, -0.15) is 0 Å². The van der Waals surface area contributed by atoms with Crippen molar-refractivity contribution in [1.82, 2.24) is 0 Å². The average Bonchev–Trinajstić information content (AvgIpc) is 2.62. The number of methoxy groups -OCH3 is 1. The van der Waals surface area contributed by atoms with Gasteiger partial charge in [0.15, 0.2) is 18.1 Å². The topological polar surface area (TPSA) is 73.9 Å². The molecule has 0 bridgehead atoms. The molecule has 0 aromatic heterocycles. The highest BCUT2D eigenvalue weighted by molar-refractivity contribution is 9.10. The van der Waals surface area contributed by atoms with Gasteiger partial charge in [-0.3, -0.25) is 4.79 Å². The monoisotopic (exact) mass is 407 g/mol. The van der Waals surface area contributed by atoms with Crippen molar-refractivity contribution >= 4 is 33.5 Å². The molecule has 7 heteroatoms. The molecular weight excluding hydrogens is 390 g/mol. The van der Waals surface area contributed by atoms with Crippen LogP contribution in [0.2, 0.25) is 0 Å². The zero-order chi connectivity index (χ0) is 18.2. The Morgan fingerprint density at radius 2 is 1.80 bits per heavy atom. The van der Waals surface area contributed by atoms with Crippen LogP contribution in [0.25, 0.3) is 0 Å². The molecule has 0 saturated carbocycles. The van der Waals surface area contributed by atoms with Gasteiger partial charge in [-0.25, -0.2) is 4.79 Å². The number of hydrogen-bond donors (Lipinski definition) is 1. The van der Waals surface area contributed by atoms with Gasteiger partial charge in [0, 0.05) is 10.2 Å². The standard InChI is InChI=1S/C18H18BrNO5/c1-3-24-18(22)12-4-9-15(16(10-12)23-2)25-11-17(21)20-14-7-5-13(19)6-8-14/h4-10H,3,11H2,1-2H3,(H,20,21). The van der Waals surface area contributed by atoms with Crippen LogP contribution in [0.4, 0.5) is 5.69 Å². The number of nitrogens with one attached hydrogen (secondary N) is 1. The number of benzene rings is 2. The Kier molecular flexibility index (Phi) is 6.82. The number of esters is 1. The Bertz CT molecular complexity index is 746. The Morgan fingerprint density at radius 3 is 2.44 bits per heavy atom. The number of carbonyl (C=O) groups excluding carboxylic acids is 2. The molecule has 0 heterocycles. The summed E-state index contributed by atoms with van der Waals surface area (Å²) in [4.78, 5) is 23.7. The average molecular weight is 408 g/mol. The third-order valence-electron chi connectivity index (χ3n) is 3.16. The fourth-order valence-corrected chi connectivity index (χ4v) is 2.27. The molecule has 6 nitrogen and oxygen atoms in total. The fourth-order valence-electron chi connectivity index (χ4n) is 2.00. The van der Waals surface area contributed by atoms with Gasteiger partial charge in [-0.1, -0.05) is 15.9 Å². The van der Waals surface area contributed by atoms with Gasteiger partial charge in [0.05, 0.1) is 19.3 Å². The number of halogens is 1. The lowest BCUT2D eigenvalue weighted by Gasteiger charge is -2.12. The molecule has 0 spiro atoms. The lowest BCUT2D eigenvalue weighted by atomic mass is 10.2. The summed E-state index contributed by atoms with van der Waals surface area (Å²) in [7, 11) is 1.46. The molecule has 0 aliphatic carbocycles. The minimum atomic E-state index is -0.444. The van der Waals surface area contributed by atoms with E-state index in [1.54, 1.807) is 31.2 Å². The van der Waals surface area contributed by atoms with Gasteiger partial charge >= 0.3 is 5.97 Å².